The van der Waals surface area contributed by atoms with Crippen molar-refractivity contribution in [2.45, 2.75) is 20.0 Å². The van der Waals surface area contributed by atoms with E-state index >= 15 is 0 Å². The van der Waals surface area contributed by atoms with Crippen LogP contribution in [0.25, 0.3) is 0 Å². The van der Waals surface area contributed by atoms with Gasteiger partial charge >= 0.3 is 0 Å². The Labute approximate surface area is 113 Å². The molecular formula is C13H21N5O. The third-order valence-corrected chi connectivity index (χ3v) is 2.95. The first-order valence-corrected chi connectivity index (χ1v) is 6.39. The molecule has 2 heterocycles. The van der Waals surface area contributed by atoms with Crippen LogP contribution in [0.15, 0.2) is 18.6 Å². The number of nitrogens with zero attached hydrogens (tertiary/aromatic N) is 4. The van der Waals surface area contributed by atoms with E-state index in [-0.39, 0.29) is 0 Å². The van der Waals surface area contributed by atoms with Crippen LogP contribution in [0.3, 0.4) is 0 Å². The quantitative estimate of drug-likeness (QED) is 0.748. The number of rotatable bonds is 7. The van der Waals surface area contributed by atoms with Crippen molar-refractivity contribution in [3.05, 3.63) is 35.4 Å². The van der Waals surface area contributed by atoms with Gasteiger partial charge < -0.3 is 10.1 Å². The molecule has 2 rings (SSSR count). The molecule has 0 aliphatic heterocycles. The van der Waals surface area contributed by atoms with Crippen LogP contribution < -0.4 is 5.32 Å². The molecule has 0 aliphatic carbocycles. The molecule has 0 spiro atoms. The summed E-state index contributed by atoms with van der Waals surface area (Å²) < 4.78 is 8.77. The van der Waals surface area contributed by atoms with Gasteiger partial charge in [-0.3, -0.25) is 9.36 Å². The van der Waals surface area contributed by atoms with Crippen molar-refractivity contribution >= 4 is 0 Å². The summed E-state index contributed by atoms with van der Waals surface area (Å²) in [4.78, 5) is 0. The van der Waals surface area contributed by atoms with E-state index in [9.17, 15) is 0 Å². The predicted octanol–water partition coefficient (Wildman–Crippen LogP) is 0.709. The van der Waals surface area contributed by atoms with Crippen molar-refractivity contribution in [2.75, 3.05) is 20.3 Å². The van der Waals surface area contributed by atoms with Gasteiger partial charge in [-0.2, -0.15) is 10.2 Å². The van der Waals surface area contributed by atoms with E-state index in [0.717, 1.165) is 37.5 Å². The van der Waals surface area contributed by atoms with Gasteiger partial charge in [0.25, 0.3) is 0 Å². The lowest BCUT2D eigenvalue weighted by Crippen LogP contribution is -2.18. The number of hydrogen-bond acceptors (Lipinski definition) is 4. The van der Waals surface area contributed by atoms with Gasteiger partial charge in [0.05, 0.1) is 25.0 Å². The molecular weight excluding hydrogens is 242 g/mol. The molecule has 104 valence electrons. The summed E-state index contributed by atoms with van der Waals surface area (Å²) in [6.07, 6.45) is 5.96. The Morgan fingerprint density at radius 2 is 2.21 bits per heavy atom. The Morgan fingerprint density at radius 1 is 1.37 bits per heavy atom. The molecule has 0 saturated heterocycles. The van der Waals surface area contributed by atoms with Crippen molar-refractivity contribution in [1.29, 1.82) is 0 Å². The number of nitrogens with one attached hydrogen (secondary N) is 1. The van der Waals surface area contributed by atoms with Crippen LogP contribution in [-0.4, -0.2) is 39.8 Å². The molecule has 0 aromatic carbocycles. The summed E-state index contributed by atoms with van der Waals surface area (Å²) >= 11 is 0. The van der Waals surface area contributed by atoms with E-state index < -0.39 is 0 Å². The van der Waals surface area contributed by atoms with E-state index in [1.54, 1.807) is 11.8 Å². The minimum absolute atomic E-state index is 0.725. The first-order chi connectivity index (χ1) is 9.19. The number of hydrogen-bond donors (Lipinski definition) is 1. The van der Waals surface area contributed by atoms with Gasteiger partial charge in [-0.25, -0.2) is 0 Å². The lowest BCUT2D eigenvalue weighted by Gasteiger charge is -2.02. The van der Waals surface area contributed by atoms with E-state index in [1.807, 2.05) is 31.0 Å². The van der Waals surface area contributed by atoms with Gasteiger partial charge in [0, 0.05) is 50.8 Å². The van der Waals surface area contributed by atoms with Gasteiger partial charge in [-0.05, 0) is 6.92 Å². The van der Waals surface area contributed by atoms with Gasteiger partial charge in [0.2, 0.25) is 0 Å². The third-order valence-electron chi connectivity index (χ3n) is 2.95. The predicted molar refractivity (Wildman–Crippen MR) is 72.9 cm³/mol. The summed E-state index contributed by atoms with van der Waals surface area (Å²) in [6.45, 7) is 5.19. The summed E-state index contributed by atoms with van der Waals surface area (Å²) in [5.41, 5.74) is 3.44. The van der Waals surface area contributed by atoms with Crippen LogP contribution in [0.5, 0.6) is 0 Å². The zero-order valence-corrected chi connectivity index (χ0v) is 11.8. The maximum Gasteiger partial charge on any atom is 0.0690 e. The Morgan fingerprint density at radius 3 is 2.89 bits per heavy atom. The molecule has 0 amide bonds. The Kier molecular flexibility index (Phi) is 4.70. The van der Waals surface area contributed by atoms with Crippen LogP contribution in [0.4, 0.5) is 0 Å². The van der Waals surface area contributed by atoms with Gasteiger partial charge in [0.1, 0.15) is 0 Å². The van der Waals surface area contributed by atoms with Gasteiger partial charge in [-0.15, -0.1) is 0 Å². The first kappa shape index (κ1) is 13.8. The van der Waals surface area contributed by atoms with Crippen LogP contribution in [0.1, 0.15) is 16.8 Å². The fraction of sp³-hybridized carbons (Fsp3) is 0.538. The van der Waals surface area contributed by atoms with Gasteiger partial charge in [-0.1, -0.05) is 0 Å². The van der Waals surface area contributed by atoms with E-state index in [2.05, 4.69) is 21.7 Å². The average molecular weight is 263 g/mol. The van der Waals surface area contributed by atoms with Crippen molar-refractivity contribution in [1.82, 2.24) is 24.9 Å². The van der Waals surface area contributed by atoms with Crippen molar-refractivity contribution in [3.63, 3.8) is 0 Å². The highest BCUT2D eigenvalue weighted by Crippen LogP contribution is 2.07. The van der Waals surface area contributed by atoms with Gasteiger partial charge in [0.15, 0.2) is 0 Å². The monoisotopic (exact) mass is 263 g/mol. The molecule has 6 heteroatoms. The van der Waals surface area contributed by atoms with E-state index in [0.29, 0.717) is 0 Å². The van der Waals surface area contributed by atoms with Crippen LogP contribution in [0.2, 0.25) is 0 Å². The molecule has 6 nitrogen and oxygen atoms in total. The standard InChI is InChI=1S/C13H21N5O/c1-11-13(7-14-4-5-19-3)10-18(16-11)9-12-6-15-17(2)8-12/h6,8,10,14H,4-5,7,9H2,1-3H3. The summed E-state index contributed by atoms with van der Waals surface area (Å²) in [5.74, 6) is 0. The molecule has 0 radical (unpaired) electrons. The van der Waals surface area contributed by atoms with E-state index in [4.69, 9.17) is 4.74 Å². The van der Waals surface area contributed by atoms with Crippen LogP contribution in [0, 0.1) is 6.92 Å². The zero-order chi connectivity index (χ0) is 13.7. The molecule has 0 bridgehead atoms. The Hall–Kier alpha value is -1.66. The second-order valence-corrected chi connectivity index (χ2v) is 4.63. The Balaban J connectivity index is 1.92. The number of aryl methyl sites for hydroxylation is 2. The number of ether oxygens (including phenoxy) is 1. The highest BCUT2D eigenvalue weighted by atomic mass is 16.5. The molecule has 0 aliphatic rings. The fourth-order valence-corrected chi connectivity index (χ4v) is 1.95. The second-order valence-electron chi connectivity index (χ2n) is 4.63. The summed E-state index contributed by atoms with van der Waals surface area (Å²) in [7, 11) is 3.63. The lowest BCUT2D eigenvalue weighted by molar-refractivity contribution is 0.199. The van der Waals surface area contributed by atoms with E-state index in [1.165, 1.54) is 5.56 Å². The lowest BCUT2D eigenvalue weighted by atomic mass is 10.2. The first-order valence-electron chi connectivity index (χ1n) is 6.39. The molecule has 2 aromatic heterocycles. The zero-order valence-electron chi connectivity index (χ0n) is 11.8. The molecule has 2 aromatic rings. The topological polar surface area (TPSA) is 56.9 Å². The molecule has 0 fully saturated rings. The smallest absolute Gasteiger partial charge is 0.0690 e. The fourth-order valence-electron chi connectivity index (χ4n) is 1.95. The van der Waals surface area contributed by atoms with Crippen LogP contribution >= 0.6 is 0 Å². The largest absolute Gasteiger partial charge is 0.383 e. The highest BCUT2D eigenvalue weighted by Gasteiger charge is 2.05. The molecule has 0 unspecified atom stereocenters. The summed E-state index contributed by atoms with van der Waals surface area (Å²) in [6, 6.07) is 0. The number of methoxy groups -OCH3 is 1. The SMILES string of the molecule is COCCNCc1cn(Cc2cnn(C)c2)nc1C. The normalized spacial score (nSPS) is 11.1. The van der Waals surface area contributed by atoms with Crippen molar-refractivity contribution < 1.29 is 4.74 Å². The number of aromatic nitrogens is 4. The average Bonchev–Trinajstić information content (AvgIpc) is 2.92. The second kappa shape index (κ2) is 6.49. The summed E-state index contributed by atoms with van der Waals surface area (Å²) in [5, 5.41) is 12.0. The maximum absolute atomic E-state index is 5.00. The van der Waals surface area contributed by atoms with Crippen molar-refractivity contribution in [2.24, 2.45) is 7.05 Å². The Bertz CT molecular complexity index is 517. The molecule has 0 atom stereocenters. The minimum Gasteiger partial charge on any atom is -0.383 e. The maximum atomic E-state index is 5.00. The van der Waals surface area contributed by atoms with Crippen LogP contribution in [-0.2, 0) is 24.9 Å². The highest BCUT2D eigenvalue weighted by molar-refractivity contribution is 5.16. The molecule has 0 saturated carbocycles. The minimum atomic E-state index is 0.725. The molecule has 19 heavy (non-hydrogen) atoms. The third kappa shape index (κ3) is 3.90. The molecule has 1 N–H and O–H groups in total. The van der Waals surface area contributed by atoms with Crippen molar-refractivity contribution in [3.8, 4) is 0 Å².